The molecule has 12 nitrogen and oxygen atoms in total. The van der Waals surface area contributed by atoms with Crippen molar-refractivity contribution in [3.8, 4) is 11.6 Å². The zero-order valence-corrected chi connectivity index (χ0v) is 33.2. The van der Waals surface area contributed by atoms with Crippen LogP contribution in [0.25, 0.3) is 11.8 Å². The quantitative estimate of drug-likeness (QED) is 0.0566. The molecule has 0 atom stereocenters. The molecule has 1 amide bonds. The van der Waals surface area contributed by atoms with Crippen LogP contribution in [0.1, 0.15) is 18.2 Å². The Morgan fingerprint density at radius 2 is 1.57 bits per heavy atom. The van der Waals surface area contributed by atoms with Crippen LogP contribution >= 0.6 is 12.0 Å². The van der Waals surface area contributed by atoms with E-state index < -0.39 is 20.9 Å². The number of hydrogen-bond donors (Lipinski definition) is 0. The van der Waals surface area contributed by atoms with Gasteiger partial charge in [0.1, 0.15) is 10.1 Å². The molecule has 1 aromatic heterocycles. The normalized spacial score (nSPS) is 14.1. The summed E-state index contributed by atoms with van der Waals surface area (Å²) in [7, 11) is -4.61. The largest absolute Gasteiger partial charge is 1.00 e. The summed E-state index contributed by atoms with van der Waals surface area (Å²) < 4.78 is 38.7. The van der Waals surface area contributed by atoms with E-state index in [4.69, 9.17) is 0 Å². The summed E-state index contributed by atoms with van der Waals surface area (Å²) in [6.07, 6.45) is 4.59. The van der Waals surface area contributed by atoms with E-state index >= 15 is 0 Å². The second-order valence-electron chi connectivity index (χ2n) is 7.62. The number of hydrazone groups is 1. The topological polar surface area (TPSA) is 172 Å². The number of aromatic nitrogens is 2. The molecule has 0 bridgehead atoms. The molecule has 0 radical (unpaired) electrons. The predicted octanol–water partition coefficient (Wildman–Crippen LogP) is -7.24. The van der Waals surface area contributed by atoms with Crippen molar-refractivity contribution in [2.75, 3.05) is 5.01 Å². The fourth-order valence-corrected chi connectivity index (χ4v) is 4.28. The molecule has 0 N–H and O–H groups in total. The first-order valence-electron chi connectivity index (χ1n) is 10.4. The fourth-order valence-electron chi connectivity index (χ4n) is 3.46. The number of benzene rings is 2. The SMILES string of the molecule is CC1=NN(c2ccc(SOO[O-])cc2)C(=O)C1=CC=Cc1c(C)nn(-c2ccc(S(=O)(=O)[O-])cc2)c1[O-].[K+].[K+].[K+]. The molecule has 2 aromatic carbocycles. The Balaban J connectivity index is 0.00000267. The summed E-state index contributed by atoms with van der Waals surface area (Å²) in [6.45, 7) is 3.31. The van der Waals surface area contributed by atoms with Gasteiger partial charge in [0.15, 0.2) is 0 Å². The zero-order chi connectivity index (χ0) is 26.7. The van der Waals surface area contributed by atoms with Crippen LogP contribution in [0.3, 0.4) is 0 Å². The van der Waals surface area contributed by atoms with Crippen LogP contribution < -0.4 is 170 Å². The Kier molecular flexibility index (Phi) is 17.2. The zero-order valence-electron chi connectivity index (χ0n) is 22.2. The molecule has 0 aliphatic carbocycles. The van der Waals surface area contributed by atoms with Gasteiger partial charge in [0.2, 0.25) is 0 Å². The number of nitrogens with zero attached hydrogens (tertiary/aromatic N) is 4. The summed E-state index contributed by atoms with van der Waals surface area (Å²) in [5.41, 5.74) is 2.27. The van der Waals surface area contributed by atoms with Crippen molar-refractivity contribution in [3.05, 3.63) is 77.5 Å². The Hall–Kier alpha value is 1.12. The third-order valence-electron chi connectivity index (χ3n) is 5.26. The Morgan fingerprint density at radius 1 is 0.975 bits per heavy atom. The van der Waals surface area contributed by atoms with Crippen molar-refractivity contribution in [2.45, 2.75) is 23.6 Å². The van der Waals surface area contributed by atoms with Crippen LogP contribution in [0.4, 0.5) is 5.69 Å². The minimum Gasteiger partial charge on any atom is -0.858 e. The van der Waals surface area contributed by atoms with Crippen molar-refractivity contribution < 1.29 is 192 Å². The van der Waals surface area contributed by atoms with Gasteiger partial charge in [-0.3, -0.25) is 9.83 Å². The monoisotopic (exact) mass is 658 g/mol. The van der Waals surface area contributed by atoms with Gasteiger partial charge < -0.3 is 14.9 Å². The molecular formula is C23H17K3N4O8S2. The third-order valence-corrected chi connectivity index (χ3v) is 6.70. The number of aryl methyl sites for hydroxylation is 1. The molecule has 0 saturated heterocycles. The molecule has 0 saturated carbocycles. The second-order valence-corrected chi connectivity index (χ2v) is 9.77. The number of carbonyl (C=O) groups excluding carboxylic acids is 1. The van der Waals surface area contributed by atoms with Gasteiger partial charge >= 0.3 is 154 Å². The van der Waals surface area contributed by atoms with Crippen LogP contribution in [0.15, 0.2) is 81.1 Å². The Labute approximate surface area is 362 Å². The molecule has 40 heavy (non-hydrogen) atoms. The van der Waals surface area contributed by atoms with Crippen LogP contribution in [-0.2, 0) is 24.3 Å². The number of amides is 1. The standard InChI is InChI=1S/C23H20N4O8S2.3K/c1-14-20(22(28)26(24-14)16-6-10-18(11-7-16)36-35-34-30)4-3-5-21-15(2)25-27(23(21)29)17-8-12-19(13-9-17)37(31,32)33;;;/h3-13,29-30H,1-2H3,(H,31,32,33);;;/q;3*+1/p-3. The maximum atomic E-state index is 12.9. The van der Waals surface area contributed by atoms with E-state index in [2.05, 4.69) is 19.6 Å². The summed E-state index contributed by atoms with van der Waals surface area (Å²) in [5, 5.41) is 35.8. The van der Waals surface area contributed by atoms with Crippen LogP contribution in [0, 0.1) is 6.92 Å². The molecule has 1 aliphatic rings. The molecule has 192 valence electrons. The van der Waals surface area contributed by atoms with Crippen molar-refractivity contribution in [1.82, 2.24) is 9.78 Å². The van der Waals surface area contributed by atoms with Crippen LogP contribution in [0.5, 0.6) is 5.88 Å². The maximum absolute atomic E-state index is 12.9. The van der Waals surface area contributed by atoms with Gasteiger partial charge in [-0.2, -0.15) is 19.5 Å². The minimum atomic E-state index is -4.61. The van der Waals surface area contributed by atoms with Crippen molar-refractivity contribution in [2.24, 2.45) is 5.10 Å². The smallest absolute Gasteiger partial charge is 0.858 e. The molecule has 2 heterocycles. The van der Waals surface area contributed by atoms with Gasteiger partial charge in [0, 0.05) is 10.5 Å². The number of anilines is 1. The van der Waals surface area contributed by atoms with Gasteiger partial charge in [0.25, 0.3) is 5.91 Å². The average molecular weight is 659 g/mol. The fraction of sp³-hybridized carbons (Fsp3) is 0.0870. The molecule has 0 spiro atoms. The molecule has 0 fully saturated rings. The molecular weight excluding hydrogens is 642 g/mol. The van der Waals surface area contributed by atoms with E-state index in [9.17, 15) is 28.1 Å². The van der Waals surface area contributed by atoms with Gasteiger partial charge in [-0.05, 0) is 74.3 Å². The van der Waals surface area contributed by atoms with Crippen molar-refractivity contribution in [3.63, 3.8) is 0 Å². The Morgan fingerprint density at radius 3 is 2.15 bits per heavy atom. The summed E-state index contributed by atoms with van der Waals surface area (Å²) in [4.78, 5) is 13.1. The first-order chi connectivity index (χ1) is 17.6. The minimum absolute atomic E-state index is 0. The van der Waals surface area contributed by atoms with E-state index in [1.165, 1.54) is 29.3 Å². The molecule has 17 heteroatoms. The van der Waals surface area contributed by atoms with Crippen LogP contribution in [-0.4, -0.2) is 34.4 Å². The molecule has 0 unspecified atom stereocenters. The first-order valence-corrected chi connectivity index (χ1v) is 12.6. The second kappa shape index (κ2) is 17.6. The van der Waals surface area contributed by atoms with E-state index in [1.807, 2.05) is 0 Å². The third kappa shape index (κ3) is 9.56. The first kappa shape index (κ1) is 39.1. The maximum Gasteiger partial charge on any atom is 1.00 e. The molecule has 3 aromatic rings. The van der Waals surface area contributed by atoms with E-state index in [1.54, 1.807) is 44.2 Å². The van der Waals surface area contributed by atoms with E-state index in [0.717, 1.165) is 28.9 Å². The number of carbonyl (C=O) groups is 1. The Bertz CT molecular complexity index is 1540. The average Bonchev–Trinajstić information content (AvgIpc) is 3.32. The summed E-state index contributed by atoms with van der Waals surface area (Å²) in [5.74, 6) is -0.830. The van der Waals surface area contributed by atoms with E-state index in [0.29, 0.717) is 33.2 Å². The van der Waals surface area contributed by atoms with Crippen LogP contribution in [0.2, 0.25) is 0 Å². The van der Waals surface area contributed by atoms with Gasteiger partial charge in [-0.15, -0.1) is 0 Å². The summed E-state index contributed by atoms with van der Waals surface area (Å²) >= 11 is 0.723. The van der Waals surface area contributed by atoms with Crippen molar-refractivity contribution >= 4 is 45.5 Å². The van der Waals surface area contributed by atoms with Crippen molar-refractivity contribution in [1.29, 1.82) is 0 Å². The molecule has 4 rings (SSSR count). The van der Waals surface area contributed by atoms with Gasteiger partial charge in [0.05, 0.1) is 45.3 Å². The number of allylic oxidation sites excluding steroid dienone is 2. The van der Waals surface area contributed by atoms with Gasteiger partial charge in [-0.25, -0.2) is 13.1 Å². The number of rotatable bonds is 8. The molecule has 1 aliphatic heterocycles. The predicted molar refractivity (Wildman–Crippen MR) is 128 cm³/mol. The van der Waals surface area contributed by atoms with E-state index in [-0.39, 0.29) is 166 Å². The van der Waals surface area contributed by atoms with Gasteiger partial charge in [-0.1, -0.05) is 12.2 Å². The number of hydrogen-bond acceptors (Lipinski definition) is 11. The summed E-state index contributed by atoms with van der Waals surface area (Å²) in [6, 6.07) is 11.4.